The van der Waals surface area contributed by atoms with Crippen LogP contribution in [0.1, 0.15) is 25.3 Å². The molecule has 0 unspecified atom stereocenters. The summed E-state index contributed by atoms with van der Waals surface area (Å²) in [5, 5.41) is 3.05. The van der Waals surface area contributed by atoms with Crippen LogP contribution in [-0.4, -0.2) is 9.97 Å². The van der Waals surface area contributed by atoms with Crippen LogP contribution in [0.4, 0.5) is 0 Å². The molecule has 3 aromatic rings. The monoisotopic (exact) mass is 318 g/mol. The zero-order valence-corrected chi connectivity index (χ0v) is 13.2. The Balaban J connectivity index is 1.83. The first-order valence-electron chi connectivity index (χ1n) is 6.94. The van der Waals surface area contributed by atoms with Crippen molar-refractivity contribution in [1.29, 1.82) is 0 Å². The van der Waals surface area contributed by atoms with Crippen LogP contribution in [0.25, 0.3) is 10.2 Å². The Morgan fingerprint density at radius 2 is 1.95 bits per heavy atom. The van der Waals surface area contributed by atoms with Gasteiger partial charge >= 0.3 is 0 Å². The number of unbranched alkanes of at least 4 members (excludes halogenated alkanes) is 1. The van der Waals surface area contributed by atoms with Crippen molar-refractivity contribution in [3.05, 3.63) is 46.6 Å². The Kier molecular flexibility index (Phi) is 4.36. The van der Waals surface area contributed by atoms with E-state index in [2.05, 4.69) is 29.0 Å². The predicted molar refractivity (Wildman–Crippen MR) is 87.6 cm³/mol. The second-order valence-corrected chi connectivity index (χ2v) is 6.02. The van der Waals surface area contributed by atoms with E-state index in [1.165, 1.54) is 29.7 Å². The van der Waals surface area contributed by atoms with Gasteiger partial charge in [-0.1, -0.05) is 25.5 Å². The molecule has 0 aliphatic heterocycles. The van der Waals surface area contributed by atoms with Crippen LogP contribution in [0, 0.1) is 0 Å². The number of benzene rings is 1. The Morgan fingerprint density at radius 1 is 1.14 bits per heavy atom. The van der Waals surface area contributed by atoms with Gasteiger partial charge in [-0.25, -0.2) is 4.98 Å². The normalized spacial score (nSPS) is 11.0. The summed E-state index contributed by atoms with van der Waals surface area (Å²) in [6.45, 7) is 2.20. The molecule has 0 saturated heterocycles. The highest BCUT2D eigenvalue weighted by Crippen LogP contribution is 2.31. The lowest BCUT2D eigenvalue weighted by Crippen LogP contribution is -1.92. The zero-order valence-electron chi connectivity index (χ0n) is 11.7. The van der Waals surface area contributed by atoms with Crippen molar-refractivity contribution in [3.8, 4) is 11.6 Å². The number of thiophene rings is 1. The van der Waals surface area contributed by atoms with E-state index in [-0.39, 0.29) is 5.28 Å². The molecule has 0 bridgehead atoms. The standard InChI is InChI=1S/C16H15ClN2OS/c1-2-3-4-11-5-7-12(8-6-11)20-14-13-9-10-21-15(13)19-16(17)18-14/h5-10H,2-4H2,1H3. The first kappa shape index (κ1) is 14.3. The van der Waals surface area contributed by atoms with E-state index in [0.717, 1.165) is 22.4 Å². The molecule has 108 valence electrons. The molecule has 3 rings (SSSR count). The lowest BCUT2D eigenvalue weighted by molar-refractivity contribution is 0.468. The van der Waals surface area contributed by atoms with Crippen LogP contribution < -0.4 is 4.74 Å². The van der Waals surface area contributed by atoms with Crippen molar-refractivity contribution in [2.75, 3.05) is 0 Å². The van der Waals surface area contributed by atoms with Crippen molar-refractivity contribution in [2.45, 2.75) is 26.2 Å². The third kappa shape index (κ3) is 3.34. The summed E-state index contributed by atoms with van der Waals surface area (Å²) in [5.74, 6) is 1.27. The van der Waals surface area contributed by atoms with Gasteiger partial charge in [0, 0.05) is 0 Å². The number of ether oxygens (including phenoxy) is 1. The largest absolute Gasteiger partial charge is 0.438 e. The van der Waals surface area contributed by atoms with Gasteiger partial charge in [-0.2, -0.15) is 4.98 Å². The van der Waals surface area contributed by atoms with Crippen LogP contribution in [0.5, 0.6) is 11.6 Å². The summed E-state index contributed by atoms with van der Waals surface area (Å²) in [5.41, 5.74) is 1.32. The van der Waals surface area contributed by atoms with E-state index in [0.29, 0.717) is 5.88 Å². The Bertz CT molecular complexity index is 740. The molecule has 5 heteroatoms. The molecule has 1 aromatic carbocycles. The molecule has 21 heavy (non-hydrogen) atoms. The topological polar surface area (TPSA) is 35.0 Å². The number of hydrogen-bond donors (Lipinski definition) is 0. The maximum absolute atomic E-state index is 5.93. The van der Waals surface area contributed by atoms with Crippen LogP contribution in [0.15, 0.2) is 35.7 Å². The summed E-state index contributed by atoms with van der Waals surface area (Å²) in [6.07, 6.45) is 3.51. The fourth-order valence-corrected chi connectivity index (χ4v) is 3.06. The quantitative estimate of drug-likeness (QED) is 0.584. The SMILES string of the molecule is CCCCc1ccc(Oc2nc(Cl)nc3sccc23)cc1. The maximum atomic E-state index is 5.93. The Morgan fingerprint density at radius 3 is 2.71 bits per heavy atom. The molecule has 0 radical (unpaired) electrons. The van der Waals surface area contributed by atoms with E-state index < -0.39 is 0 Å². The lowest BCUT2D eigenvalue weighted by Gasteiger charge is -2.07. The number of rotatable bonds is 5. The summed E-state index contributed by atoms with van der Waals surface area (Å²) < 4.78 is 5.86. The van der Waals surface area contributed by atoms with E-state index in [1.807, 2.05) is 23.6 Å². The third-order valence-electron chi connectivity index (χ3n) is 3.22. The average Bonchev–Trinajstić information content (AvgIpc) is 2.95. The van der Waals surface area contributed by atoms with E-state index in [9.17, 15) is 0 Å². The van der Waals surface area contributed by atoms with Crippen LogP contribution in [0.2, 0.25) is 5.28 Å². The van der Waals surface area contributed by atoms with Crippen molar-refractivity contribution < 1.29 is 4.74 Å². The minimum Gasteiger partial charge on any atom is -0.438 e. The fourth-order valence-electron chi connectivity index (χ4n) is 2.10. The highest BCUT2D eigenvalue weighted by atomic mass is 35.5. The highest BCUT2D eigenvalue weighted by molar-refractivity contribution is 7.16. The second kappa shape index (κ2) is 6.41. The van der Waals surface area contributed by atoms with Crippen molar-refractivity contribution in [1.82, 2.24) is 9.97 Å². The number of aryl methyl sites for hydroxylation is 1. The summed E-state index contributed by atoms with van der Waals surface area (Å²) >= 11 is 7.46. The van der Waals surface area contributed by atoms with Gasteiger partial charge in [-0.3, -0.25) is 0 Å². The molecule has 0 aliphatic rings. The Hall–Kier alpha value is -1.65. The number of nitrogens with zero attached hydrogens (tertiary/aromatic N) is 2. The molecule has 0 fully saturated rings. The molecule has 0 aliphatic carbocycles. The van der Waals surface area contributed by atoms with Gasteiger partial charge in [-0.15, -0.1) is 11.3 Å². The van der Waals surface area contributed by atoms with Gasteiger partial charge in [0.25, 0.3) is 0 Å². The summed E-state index contributed by atoms with van der Waals surface area (Å²) in [4.78, 5) is 9.20. The van der Waals surface area contributed by atoms with E-state index >= 15 is 0 Å². The van der Waals surface area contributed by atoms with Gasteiger partial charge in [0.2, 0.25) is 11.2 Å². The molecular weight excluding hydrogens is 304 g/mol. The molecule has 2 aromatic heterocycles. The summed E-state index contributed by atoms with van der Waals surface area (Å²) in [7, 11) is 0. The van der Waals surface area contributed by atoms with Gasteiger partial charge in [-0.05, 0) is 53.6 Å². The van der Waals surface area contributed by atoms with E-state index in [1.54, 1.807) is 0 Å². The maximum Gasteiger partial charge on any atom is 0.232 e. The van der Waals surface area contributed by atoms with Crippen LogP contribution in [-0.2, 0) is 6.42 Å². The zero-order chi connectivity index (χ0) is 14.7. The first-order valence-corrected chi connectivity index (χ1v) is 8.19. The second-order valence-electron chi connectivity index (χ2n) is 4.79. The lowest BCUT2D eigenvalue weighted by atomic mass is 10.1. The van der Waals surface area contributed by atoms with Crippen molar-refractivity contribution in [3.63, 3.8) is 0 Å². The highest BCUT2D eigenvalue weighted by Gasteiger charge is 2.10. The fraction of sp³-hybridized carbons (Fsp3) is 0.250. The first-order chi connectivity index (χ1) is 10.3. The summed E-state index contributed by atoms with van der Waals surface area (Å²) in [6, 6.07) is 10.1. The smallest absolute Gasteiger partial charge is 0.232 e. The number of fused-ring (bicyclic) bond motifs is 1. The number of halogens is 1. The molecule has 0 spiro atoms. The van der Waals surface area contributed by atoms with Gasteiger partial charge in [0.1, 0.15) is 10.6 Å². The third-order valence-corrected chi connectivity index (χ3v) is 4.20. The van der Waals surface area contributed by atoms with Gasteiger partial charge in [0.15, 0.2) is 0 Å². The minimum absolute atomic E-state index is 0.208. The van der Waals surface area contributed by atoms with Crippen molar-refractivity contribution in [2.24, 2.45) is 0 Å². The predicted octanol–water partition coefficient (Wildman–Crippen LogP) is 5.48. The molecule has 3 nitrogen and oxygen atoms in total. The van der Waals surface area contributed by atoms with Gasteiger partial charge in [0.05, 0.1) is 5.39 Å². The number of aromatic nitrogens is 2. The molecule has 0 atom stereocenters. The number of hydrogen-bond acceptors (Lipinski definition) is 4. The molecule has 0 saturated carbocycles. The van der Waals surface area contributed by atoms with Crippen molar-refractivity contribution >= 4 is 33.2 Å². The van der Waals surface area contributed by atoms with Crippen LogP contribution in [0.3, 0.4) is 0 Å². The average molecular weight is 319 g/mol. The van der Waals surface area contributed by atoms with Crippen LogP contribution >= 0.6 is 22.9 Å². The Labute approximate surface area is 132 Å². The van der Waals surface area contributed by atoms with E-state index in [4.69, 9.17) is 16.3 Å². The molecule has 0 N–H and O–H groups in total. The molecular formula is C16H15ClN2OS. The molecule has 2 heterocycles. The minimum atomic E-state index is 0.208. The molecule has 0 amide bonds. The van der Waals surface area contributed by atoms with Gasteiger partial charge < -0.3 is 4.74 Å².